The van der Waals surface area contributed by atoms with Crippen LogP contribution in [0.25, 0.3) is 0 Å². The molecule has 2 aliphatic rings. The molecule has 0 spiro atoms. The van der Waals surface area contributed by atoms with Crippen LogP contribution in [-0.2, 0) is 4.79 Å². The van der Waals surface area contributed by atoms with E-state index in [2.05, 4.69) is 5.32 Å². The van der Waals surface area contributed by atoms with Crippen LogP contribution in [0.2, 0.25) is 0 Å². The summed E-state index contributed by atoms with van der Waals surface area (Å²) in [5, 5.41) is 13.1. The van der Waals surface area contributed by atoms with E-state index in [9.17, 15) is 14.7 Å². The lowest BCUT2D eigenvalue weighted by molar-refractivity contribution is -0.117. The molecular weight excluding hydrogens is 360 g/mol. The van der Waals surface area contributed by atoms with Gasteiger partial charge in [-0.1, -0.05) is 12.1 Å². The minimum Gasteiger partial charge on any atom is -0.508 e. The normalized spacial score (nSPS) is 17.7. The molecule has 1 aromatic carbocycles. The highest BCUT2D eigenvalue weighted by atomic mass is 32.1. The summed E-state index contributed by atoms with van der Waals surface area (Å²) >= 11 is 1.38. The first-order valence-electron chi connectivity index (χ1n) is 9.51. The second-order valence-corrected chi connectivity index (χ2v) is 8.60. The monoisotopic (exact) mass is 384 g/mol. The van der Waals surface area contributed by atoms with E-state index in [0.717, 1.165) is 54.2 Å². The van der Waals surface area contributed by atoms with Gasteiger partial charge in [0.1, 0.15) is 5.75 Å². The molecule has 27 heavy (non-hydrogen) atoms. The van der Waals surface area contributed by atoms with Crippen LogP contribution >= 0.6 is 11.3 Å². The lowest BCUT2D eigenvalue weighted by Crippen LogP contribution is -2.37. The summed E-state index contributed by atoms with van der Waals surface area (Å²) in [6, 6.07) is 9.28. The number of carbonyl (C=O) groups is 2. The maximum Gasteiger partial charge on any atom is 0.264 e. The van der Waals surface area contributed by atoms with Gasteiger partial charge in [0.25, 0.3) is 5.91 Å². The second-order valence-electron chi connectivity index (χ2n) is 7.54. The zero-order valence-corrected chi connectivity index (χ0v) is 16.2. The zero-order valence-electron chi connectivity index (χ0n) is 15.4. The summed E-state index contributed by atoms with van der Waals surface area (Å²) in [6.07, 6.45) is 3.79. The van der Waals surface area contributed by atoms with Crippen LogP contribution in [0.4, 0.5) is 5.00 Å². The van der Waals surface area contributed by atoms with Gasteiger partial charge in [0.2, 0.25) is 5.91 Å². The van der Waals surface area contributed by atoms with Crippen molar-refractivity contribution < 1.29 is 14.7 Å². The van der Waals surface area contributed by atoms with Gasteiger partial charge in [-0.2, -0.15) is 0 Å². The molecular formula is C21H24N2O3S. The highest BCUT2D eigenvalue weighted by molar-refractivity contribution is 7.18. The first kappa shape index (κ1) is 18.0. The Morgan fingerprint density at radius 2 is 1.78 bits per heavy atom. The van der Waals surface area contributed by atoms with E-state index in [1.807, 2.05) is 30.0 Å². The molecule has 1 saturated heterocycles. The van der Waals surface area contributed by atoms with Crippen molar-refractivity contribution >= 4 is 28.2 Å². The number of phenols is 1. The largest absolute Gasteiger partial charge is 0.508 e. The van der Waals surface area contributed by atoms with E-state index >= 15 is 0 Å². The fourth-order valence-electron chi connectivity index (χ4n) is 3.63. The quantitative estimate of drug-likeness (QED) is 0.833. The van der Waals surface area contributed by atoms with Crippen molar-refractivity contribution in [1.82, 2.24) is 4.90 Å². The van der Waals surface area contributed by atoms with Crippen molar-refractivity contribution in [1.29, 1.82) is 0 Å². The minimum atomic E-state index is 0.0635. The summed E-state index contributed by atoms with van der Waals surface area (Å²) in [4.78, 5) is 27.5. The van der Waals surface area contributed by atoms with Gasteiger partial charge in [0.05, 0.1) is 9.88 Å². The number of anilines is 1. The van der Waals surface area contributed by atoms with Crippen LogP contribution in [0, 0.1) is 12.8 Å². The van der Waals surface area contributed by atoms with E-state index in [1.165, 1.54) is 16.9 Å². The van der Waals surface area contributed by atoms with E-state index in [0.29, 0.717) is 5.92 Å². The van der Waals surface area contributed by atoms with Crippen LogP contribution in [-0.4, -0.2) is 34.9 Å². The molecule has 0 bridgehead atoms. The SMILES string of the molecule is Cc1cc(NC(=O)C2CC2)sc1C(=O)N1CCC(c2ccc(O)cc2)CC1. The molecule has 5 nitrogen and oxygen atoms in total. The number of piperidine rings is 1. The number of aromatic hydroxyl groups is 1. The molecule has 0 atom stereocenters. The van der Waals surface area contributed by atoms with Gasteiger partial charge in [0.15, 0.2) is 0 Å². The van der Waals surface area contributed by atoms with Crippen molar-refractivity contribution in [3.63, 3.8) is 0 Å². The van der Waals surface area contributed by atoms with Crippen molar-refractivity contribution in [3.05, 3.63) is 46.3 Å². The van der Waals surface area contributed by atoms with Crippen LogP contribution in [0.1, 0.15) is 52.4 Å². The molecule has 1 aliphatic heterocycles. The smallest absolute Gasteiger partial charge is 0.264 e. The van der Waals surface area contributed by atoms with Crippen LogP contribution < -0.4 is 5.32 Å². The van der Waals surface area contributed by atoms with Gasteiger partial charge in [-0.3, -0.25) is 9.59 Å². The summed E-state index contributed by atoms with van der Waals surface area (Å²) in [5.41, 5.74) is 2.15. The van der Waals surface area contributed by atoms with Gasteiger partial charge in [-0.25, -0.2) is 0 Å². The highest BCUT2D eigenvalue weighted by Gasteiger charge is 2.31. The lowest BCUT2D eigenvalue weighted by atomic mass is 9.89. The summed E-state index contributed by atoms with van der Waals surface area (Å²) in [5.74, 6) is 1.00. The Hall–Kier alpha value is -2.34. The number of carbonyl (C=O) groups excluding carboxylic acids is 2. The number of rotatable bonds is 4. The third-order valence-electron chi connectivity index (χ3n) is 5.45. The van der Waals surface area contributed by atoms with Crippen LogP contribution in [0.5, 0.6) is 5.75 Å². The van der Waals surface area contributed by atoms with E-state index in [1.54, 1.807) is 12.1 Å². The number of phenolic OH excluding ortho intramolecular Hbond substituents is 1. The summed E-state index contributed by atoms with van der Waals surface area (Å²) in [6.45, 7) is 3.39. The van der Waals surface area contributed by atoms with Crippen molar-refractivity contribution in [2.24, 2.45) is 5.92 Å². The average molecular weight is 385 g/mol. The van der Waals surface area contributed by atoms with Crippen molar-refractivity contribution in [2.75, 3.05) is 18.4 Å². The molecule has 2 amide bonds. The second kappa shape index (κ2) is 7.35. The van der Waals surface area contributed by atoms with E-state index < -0.39 is 0 Å². The molecule has 2 N–H and O–H groups in total. The van der Waals surface area contributed by atoms with Gasteiger partial charge >= 0.3 is 0 Å². The molecule has 2 aromatic rings. The summed E-state index contributed by atoms with van der Waals surface area (Å²) < 4.78 is 0. The van der Waals surface area contributed by atoms with Crippen molar-refractivity contribution in [2.45, 2.75) is 38.5 Å². The Kier molecular flexibility index (Phi) is 4.91. The molecule has 142 valence electrons. The van der Waals surface area contributed by atoms with Gasteiger partial charge in [0, 0.05) is 19.0 Å². The maximum absolute atomic E-state index is 12.9. The number of amides is 2. The molecule has 4 rings (SSSR count). The third kappa shape index (κ3) is 4.00. The lowest BCUT2D eigenvalue weighted by Gasteiger charge is -2.32. The fraction of sp³-hybridized carbons (Fsp3) is 0.429. The first-order chi connectivity index (χ1) is 13.0. The predicted octanol–water partition coefficient (Wildman–Crippen LogP) is 4.13. The number of likely N-dealkylation sites (tertiary alicyclic amines) is 1. The zero-order chi connectivity index (χ0) is 19.0. The standard InChI is InChI=1S/C21H24N2O3S/c1-13-12-18(22-20(25)16-2-3-16)27-19(13)21(26)23-10-8-15(9-11-23)14-4-6-17(24)7-5-14/h4-7,12,15-16,24H,2-3,8-11H2,1H3,(H,22,25). The Balaban J connectivity index is 1.38. The van der Waals surface area contributed by atoms with Gasteiger partial charge in [-0.15, -0.1) is 11.3 Å². The molecule has 0 unspecified atom stereocenters. The minimum absolute atomic E-state index is 0.0635. The van der Waals surface area contributed by atoms with Crippen LogP contribution in [0.15, 0.2) is 30.3 Å². The number of nitrogens with one attached hydrogen (secondary N) is 1. The Bertz CT molecular complexity index is 847. The van der Waals surface area contributed by atoms with Gasteiger partial charge in [-0.05, 0) is 67.9 Å². The number of aryl methyl sites for hydroxylation is 1. The molecule has 1 aliphatic carbocycles. The van der Waals surface area contributed by atoms with E-state index in [-0.39, 0.29) is 23.5 Å². The first-order valence-corrected chi connectivity index (χ1v) is 10.3. The Morgan fingerprint density at radius 3 is 2.41 bits per heavy atom. The fourth-order valence-corrected chi connectivity index (χ4v) is 4.67. The number of benzene rings is 1. The number of thiophene rings is 1. The topological polar surface area (TPSA) is 69.6 Å². The van der Waals surface area contributed by atoms with E-state index in [4.69, 9.17) is 0 Å². The molecule has 2 heterocycles. The third-order valence-corrected chi connectivity index (χ3v) is 6.59. The van der Waals surface area contributed by atoms with Crippen LogP contribution in [0.3, 0.4) is 0 Å². The van der Waals surface area contributed by atoms with Crippen molar-refractivity contribution in [3.8, 4) is 5.75 Å². The Morgan fingerprint density at radius 1 is 1.11 bits per heavy atom. The highest BCUT2D eigenvalue weighted by Crippen LogP contribution is 2.34. The Labute approximate surface area is 163 Å². The number of hydrogen-bond donors (Lipinski definition) is 2. The average Bonchev–Trinajstić information content (AvgIpc) is 3.46. The molecule has 1 aromatic heterocycles. The molecule has 2 fully saturated rings. The summed E-state index contributed by atoms with van der Waals surface area (Å²) in [7, 11) is 0. The molecule has 0 radical (unpaired) electrons. The maximum atomic E-state index is 12.9. The molecule has 6 heteroatoms. The number of hydrogen-bond acceptors (Lipinski definition) is 4. The van der Waals surface area contributed by atoms with Gasteiger partial charge < -0.3 is 15.3 Å². The predicted molar refractivity (Wildman–Crippen MR) is 106 cm³/mol. The number of nitrogens with zero attached hydrogens (tertiary/aromatic N) is 1. The molecule has 1 saturated carbocycles.